The third-order valence-corrected chi connectivity index (χ3v) is 8.68. The molecule has 4 nitrogen and oxygen atoms in total. The lowest BCUT2D eigenvalue weighted by Gasteiger charge is -2.30. The average Bonchev–Trinajstić information content (AvgIpc) is 3.50. The minimum atomic E-state index is 0.0865. The van der Waals surface area contributed by atoms with E-state index in [-0.39, 0.29) is 12.1 Å². The Labute approximate surface area is 229 Å². The van der Waals surface area contributed by atoms with Crippen LogP contribution in [-0.2, 0) is 0 Å². The van der Waals surface area contributed by atoms with Crippen LogP contribution in [0.3, 0.4) is 0 Å². The van der Waals surface area contributed by atoms with Crippen LogP contribution in [0.2, 0.25) is 0 Å². The molecule has 0 spiro atoms. The summed E-state index contributed by atoms with van der Waals surface area (Å²) in [5.41, 5.74) is 12.1. The molecule has 0 amide bonds. The Bertz CT molecular complexity index is 1680. The van der Waals surface area contributed by atoms with Crippen molar-refractivity contribution in [1.29, 1.82) is 0 Å². The number of dihydropyridines is 2. The predicted octanol–water partition coefficient (Wildman–Crippen LogP) is 7.55. The lowest BCUT2D eigenvalue weighted by molar-refractivity contribution is 0.595. The highest BCUT2D eigenvalue weighted by Gasteiger charge is 2.31. The zero-order chi connectivity index (χ0) is 25.8. The first-order valence-electron chi connectivity index (χ1n) is 14.1. The van der Waals surface area contributed by atoms with Gasteiger partial charge in [-0.05, 0) is 83.9 Å². The lowest BCUT2D eigenvalue weighted by Crippen LogP contribution is -2.27. The smallest absolute Gasteiger partial charge is 0.103 e. The molecule has 3 aliphatic carbocycles. The summed E-state index contributed by atoms with van der Waals surface area (Å²) in [6, 6.07) is 11.2. The standard InChI is InChI=1S/C35H30N4/c1-4-26(20-28(6-1)30-15-13-23-10-9-22-8-3-18-36-32(22)34(23)38-30)27-5-2-7-29(21-27)31-16-14-24-11-12-25-17-19-37-33(25)35(24)39-31/h1,4,6-7,9-21,23-24,34-35,37H,2-3,5,8H2. The van der Waals surface area contributed by atoms with E-state index in [9.17, 15) is 0 Å². The van der Waals surface area contributed by atoms with E-state index in [1.165, 1.54) is 39.1 Å². The molecule has 190 valence electrons. The zero-order valence-corrected chi connectivity index (χ0v) is 21.8. The number of hydrogen-bond donors (Lipinski definition) is 1. The van der Waals surface area contributed by atoms with Gasteiger partial charge >= 0.3 is 0 Å². The Kier molecular flexibility index (Phi) is 5.32. The quantitative estimate of drug-likeness (QED) is 0.447. The number of aromatic nitrogens is 1. The van der Waals surface area contributed by atoms with Crippen LogP contribution in [0.1, 0.15) is 54.1 Å². The van der Waals surface area contributed by atoms with Crippen molar-refractivity contribution in [3.63, 3.8) is 0 Å². The number of nitrogens with zero attached hydrogens (tertiary/aromatic N) is 3. The summed E-state index contributed by atoms with van der Waals surface area (Å²) < 4.78 is 0. The summed E-state index contributed by atoms with van der Waals surface area (Å²) in [6.07, 6.45) is 30.9. The first-order chi connectivity index (χ1) is 19.3. The summed E-state index contributed by atoms with van der Waals surface area (Å²) in [5.74, 6) is 0.615. The van der Waals surface area contributed by atoms with E-state index in [2.05, 4.69) is 102 Å². The second-order valence-corrected chi connectivity index (χ2v) is 11.1. The molecule has 4 heteroatoms. The van der Waals surface area contributed by atoms with Gasteiger partial charge in [0, 0.05) is 35.5 Å². The van der Waals surface area contributed by atoms with E-state index < -0.39 is 0 Å². The van der Waals surface area contributed by atoms with E-state index in [0.717, 1.165) is 42.8 Å². The average molecular weight is 507 g/mol. The third kappa shape index (κ3) is 3.94. The van der Waals surface area contributed by atoms with E-state index in [0.29, 0.717) is 11.8 Å². The maximum Gasteiger partial charge on any atom is 0.103 e. The minimum absolute atomic E-state index is 0.0865. The Morgan fingerprint density at radius 2 is 1.59 bits per heavy atom. The number of aromatic amines is 1. The number of benzene rings is 1. The first kappa shape index (κ1) is 22.7. The summed E-state index contributed by atoms with van der Waals surface area (Å²) in [6.45, 7) is 0. The largest absolute Gasteiger partial charge is 0.363 e. The molecule has 3 aliphatic heterocycles. The SMILES string of the molecule is C1=CC2C=Cc3cc[nH]c3C2N=C1C1=CCCC(c2cccc(C3=NC4C5=C(C=CC4C=C3)CCC=N5)c2)=C1. The van der Waals surface area contributed by atoms with Crippen molar-refractivity contribution in [2.45, 2.75) is 37.8 Å². The van der Waals surface area contributed by atoms with E-state index in [1.807, 2.05) is 6.20 Å². The molecule has 2 aromatic rings. The van der Waals surface area contributed by atoms with E-state index in [1.54, 1.807) is 0 Å². The highest BCUT2D eigenvalue weighted by molar-refractivity contribution is 6.13. The van der Waals surface area contributed by atoms with Crippen LogP contribution in [-0.4, -0.2) is 28.7 Å². The Hall–Kier alpha value is -4.31. The van der Waals surface area contributed by atoms with Gasteiger partial charge < -0.3 is 4.98 Å². The van der Waals surface area contributed by atoms with Crippen LogP contribution in [0.5, 0.6) is 0 Å². The molecule has 4 heterocycles. The number of aliphatic imine (C=N–C) groups is 3. The normalized spacial score (nSPS) is 28.1. The molecule has 0 radical (unpaired) electrons. The summed E-state index contributed by atoms with van der Waals surface area (Å²) >= 11 is 0. The highest BCUT2D eigenvalue weighted by Crippen LogP contribution is 2.39. The van der Waals surface area contributed by atoms with Crippen molar-refractivity contribution < 1.29 is 0 Å². The number of hydrogen-bond acceptors (Lipinski definition) is 3. The molecule has 0 bridgehead atoms. The van der Waals surface area contributed by atoms with Gasteiger partial charge in [-0.25, -0.2) is 0 Å². The van der Waals surface area contributed by atoms with Crippen molar-refractivity contribution in [3.05, 3.63) is 130 Å². The minimum Gasteiger partial charge on any atom is -0.363 e. The van der Waals surface area contributed by atoms with Crippen molar-refractivity contribution in [3.8, 4) is 0 Å². The second-order valence-electron chi connectivity index (χ2n) is 11.1. The van der Waals surface area contributed by atoms with Crippen LogP contribution in [0.4, 0.5) is 0 Å². The van der Waals surface area contributed by atoms with Crippen LogP contribution in [0, 0.1) is 11.8 Å². The number of nitrogens with one attached hydrogen (secondary N) is 1. The van der Waals surface area contributed by atoms with Crippen LogP contribution < -0.4 is 0 Å². The maximum absolute atomic E-state index is 5.22. The molecular formula is C35H30N4. The van der Waals surface area contributed by atoms with Gasteiger partial charge in [-0.15, -0.1) is 0 Å². The van der Waals surface area contributed by atoms with Crippen molar-refractivity contribution in [2.75, 3.05) is 0 Å². The van der Waals surface area contributed by atoms with Crippen LogP contribution >= 0.6 is 0 Å². The summed E-state index contributed by atoms with van der Waals surface area (Å²) in [4.78, 5) is 18.6. The fourth-order valence-corrected chi connectivity index (χ4v) is 6.61. The van der Waals surface area contributed by atoms with Crippen LogP contribution in [0.15, 0.2) is 123 Å². The monoisotopic (exact) mass is 506 g/mol. The number of fused-ring (bicyclic) bond motifs is 5. The molecule has 1 aromatic heterocycles. The van der Waals surface area contributed by atoms with Gasteiger partial charge in [0.1, 0.15) is 12.1 Å². The van der Waals surface area contributed by atoms with E-state index >= 15 is 0 Å². The third-order valence-electron chi connectivity index (χ3n) is 8.68. The van der Waals surface area contributed by atoms with Gasteiger partial charge in [0.05, 0.1) is 17.1 Å². The molecule has 4 unspecified atom stereocenters. The molecule has 1 N–H and O–H groups in total. The van der Waals surface area contributed by atoms with Gasteiger partial charge in [-0.1, -0.05) is 60.7 Å². The Morgan fingerprint density at radius 3 is 2.56 bits per heavy atom. The number of H-pyrrole nitrogens is 1. The molecule has 1 aromatic carbocycles. The van der Waals surface area contributed by atoms with Crippen molar-refractivity contribution in [2.24, 2.45) is 26.8 Å². The van der Waals surface area contributed by atoms with Crippen molar-refractivity contribution >= 4 is 29.3 Å². The van der Waals surface area contributed by atoms with Gasteiger partial charge in [-0.3, -0.25) is 15.0 Å². The zero-order valence-electron chi connectivity index (χ0n) is 21.8. The molecule has 6 aliphatic rings. The lowest BCUT2D eigenvalue weighted by atomic mass is 9.84. The van der Waals surface area contributed by atoms with Gasteiger partial charge in [-0.2, -0.15) is 0 Å². The van der Waals surface area contributed by atoms with E-state index in [4.69, 9.17) is 15.0 Å². The first-order valence-corrected chi connectivity index (χ1v) is 14.1. The number of allylic oxidation sites excluding steroid dienone is 8. The molecule has 0 fully saturated rings. The predicted molar refractivity (Wildman–Crippen MR) is 161 cm³/mol. The van der Waals surface area contributed by atoms with Gasteiger partial charge in [0.25, 0.3) is 0 Å². The fourth-order valence-electron chi connectivity index (χ4n) is 6.61. The molecule has 0 saturated heterocycles. The van der Waals surface area contributed by atoms with Crippen LogP contribution in [0.25, 0.3) is 11.6 Å². The highest BCUT2D eigenvalue weighted by atomic mass is 14.9. The second kappa shape index (κ2) is 9.16. The molecular weight excluding hydrogens is 476 g/mol. The topological polar surface area (TPSA) is 52.9 Å². The van der Waals surface area contributed by atoms with Gasteiger partial charge in [0.2, 0.25) is 0 Å². The van der Waals surface area contributed by atoms with Crippen molar-refractivity contribution in [1.82, 2.24) is 4.98 Å². The molecule has 8 rings (SSSR count). The Morgan fingerprint density at radius 1 is 0.769 bits per heavy atom. The molecule has 4 atom stereocenters. The summed E-state index contributed by atoms with van der Waals surface area (Å²) in [7, 11) is 0. The Balaban J connectivity index is 1.09. The molecule has 39 heavy (non-hydrogen) atoms. The van der Waals surface area contributed by atoms with Gasteiger partial charge in [0.15, 0.2) is 0 Å². The number of rotatable bonds is 3. The fraction of sp³-hybridized carbons (Fsp3) is 0.229. The summed E-state index contributed by atoms with van der Waals surface area (Å²) in [5, 5.41) is 0. The molecule has 0 saturated carbocycles. The maximum atomic E-state index is 5.22.